The second-order valence-electron chi connectivity index (χ2n) is 7.98. The molecule has 0 aromatic heterocycles. The van der Waals surface area contributed by atoms with Crippen LogP contribution in [0, 0.1) is 0 Å². The van der Waals surface area contributed by atoms with Crippen LogP contribution in [0.15, 0.2) is 47.4 Å². The van der Waals surface area contributed by atoms with Crippen molar-refractivity contribution < 1.29 is 33.6 Å². The molecule has 0 radical (unpaired) electrons. The van der Waals surface area contributed by atoms with Crippen LogP contribution < -0.4 is 0 Å². The Kier molecular flexibility index (Phi) is 5.73. The molecule has 1 saturated heterocycles. The van der Waals surface area contributed by atoms with Crippen molar-refractivity contribution in [2.24, 2.45) is 0 Å². The Balaban J connectivity index is 1.74. The third kappa shape index (κ3) is 3.57. The molecule has 162 valence electrons. The van der Waals surface area contributed by atoms with Crippen molar-refractivity contribution in [3.8, 4) is 0 Å². The number of fused-ring (bicyclic) bond motifs is 1. The summed E-state index contributed by atoms with van der Waals surface area (Å²) in [5.74, 6) is -0.382. The minimum absolute atomic E-state index is 0.0358. The van der Waals surface area contributed by atoms with E-state index in [0.29, 0.717) is 11.1 Å². The summed E-state index contributed by atoms with van der Waals surface area (Å²) < 4.78 is 31.1. The zero-order chi connectivity index (χ0) is 21.6. The van der Waals surface area contributed by atoms with Crippen LogP contribution in [0.2, 0.25) is 0 Å². The van der Waals surface area contributed by atoms with Gasteiger partial charge in [-0.15, -0.1) is 0 Å². The van der Waals surface area contributed by atoms with Gasteiger partial charge in [0.1, 0.15) is 30.5 Å². The minimum Gasteiger partial charge on any atom is -0.394 e. The number of rotatable bonds is 4. The Hall–Kier alpha value is -1.81. The van der Waals surface area contributed by atoms with E-state index in [4.69, 9.17) is 4.74 Å². The maximum absolute atomic E-state index is 12.7. The van der Waals surface area contributed by atoms with Crippen LogP contribution in [0.1, 0.15) is 41.2 Å². The first-order chi connectivity index (χ1) is 14.3. The van der Waals surface area contributed by atoms with Gasteiger partial charge in [-0.25, -0.2) is 8.42 Å². The van der Waals surface area contributed by atoms with Crippen LogP contribution >= 0.6 is 0 Å². The molecule has 0 saturated carbocycles. The molecule has 2 aliphatic rings. The normalized spacial score (nSPS) is 32.7. The summed E-state index contributed by atoms with van der Waals surface area (Å²) in [6.07, 6.45) is -5.49. The lowest BCUT2D eigenvalue weighted by atomic mass is 9.87. The van der Waals surface area contributed by atoms with Gasteiger partial charge in [0.25, 0.3) is 0 Å². The lowest BCUT2D eigenvalue weighted by molar-refractivity contribution is -0.231. The fourth-order valence-corrected chi connectivity index (χ4v) is 6.16. The van der Waals surface area contributed by atoms with Crippen molar-refractivity contribution in [1.82, 2.24) is 0 Å². The van der Waals surface area contributed by atoms with E-state index in [1.54, 1.807) is 12.1 Å². The Morgan fingerprint density at radius 1 is 0.967 bits per heavy atom. The maximum Gasteiger partial charge on any atom is 0.179 e. The lowest BCUT2D eigenvalue weighted by Crippen LogP contribution is -2.55. The quantitative estimate of drug-likeness (QED) is 0.558. The molecule has 1 fully saturated rings. The monoisotopic (exact) mass is 434 g/mol. The highest BCUT2D eigenvalue weighted by molar-refractivity contribution is 7.91. The van der Waals surface area contributed by atoms with Gasteiger partial charge in [0.15, 0.2) is 9.84 Å². The molecule has 7 nitrogen and oxygen atoms in total. The molecular formula is C22H26O7S. The van der Waals surface area contributed by atoms with Crippen LogP contribution in [-0.2, 0) is 21.0 Å². The molecule has 4 rings (SSSR count). The smallest absolute Gasteiger partial charge is 0.179 e. The predicted molar refractivity (Wildman–Crippen MR) is 109 cm³/mol. The molecule has 0 spiro atoms. The van der Waals surface area contributed by atoms with Gasteiger partial charge in [-0.2, -0.15) is 0 Å². The first-order valence-electron chi connectivity index (χ1n) is 10.0. The number of benzene rings is 2. The second-order valence-corrected chi connectivity index (χ2v) is 9.98. The van der Waals surface area contributed by atoms with Crippen LogP contribution in [-0.4, -0.2) is 65.6 Å². The molecule has 30 heavy (non-hydrogen) atoms. The fraction of sp³-hybridized carbons (Fsp3) is 0.455. The van der Waals surface area contributed by atoms with E-state index < -0.39 is 47.0 Å². The highest BCUT2D eigenvalue weighted by Gasteiger charge is 2.45. The van der Waals surface area contributed by atoms with Crippen molar-refractivity contribution in [2.75, 3.05) is 12.4 Å². The van der Waals surface area contributed by atoms with E-state index in [0.717, 1.165) is 17.5 Å². The van der Waals surface area contributed by atoms with E-state index in [1.807, 2.05) is 24.3 Å². The van der Waals surface area contributed by atoms with Gasteiger partial charge >= 0.3 is 0 Å². The summed E-state index contributed by atoms with van der Waals surface area (Å²) in [5.41, 5.74) is 3.15. The summed E-state index contributed by atoms with van der Waals surface area (Å²) in [5, 5.41) is 40.0. The fourth-order valence-electron chi connectivity index (χ4n) is 4.34. The Labute approximate surface area is 175 Å². The van der Waals surface area contributed by atoms with Gasteiger partial charge in [0, 0.05) is 5.92 Å². The van der Waals surface area contributed by atoms with Crippen molar-refractivity contribution in [3.05, 3.63) is 64.7 Å². The van der Waals surface area contributed by atoms with Crippen molar-refractivity contribution >= 4 is 9.84 Å². The van der Waals surface area contributed by atoms with Gasteiger partial charge in [-0.05, 0) is 34.7 Å². The SMILES string of the molecule is CCc1ccc([C@@H]2CS(=O)(=O)c3ccc(C4OC(CO)C(O)C(O)C4O)cc32)cc1. The number of sulfone groups is 1. The van der Waals surface area contributed by atoms with E-state index >= 15 is 0 Å². The van der Waals surface area contributed by atoms with Crippen molar-refractivity contribution in [1.29, 1.82) is 0 Å². The van der Waals surface area contributed by atoms with Gasteiger partial charge in [0.05, 0.1) is 17.3 Å². The Bertz CT molecular complexity index is 1020. The molecule has 0 bridgehead atoms. The van der Waals surface area contributed by atoms with Crippen LogP contribution in [0.4, 0.5) is 0 Å². The van der Waals surface area contributed by atoms with Gasteiger partial charge in [-0.1, -0.05) is 43.3 Å². The molecule has 4 N–H and O–H groups in total. The summed E-state index contributed by atoms with van der Waals surface area (Å²) in [7, 11) is -3.45. The van der Waals surface area contributed by atoms with Crippen molar-refractivity contribution in [2.45, 2.75) is 54.7 Å². The zero-order valence-corrected chi connectivity index (χ0v) is 17.4. The maximum atomic E-state index is 12.7. The summed E-state index contributed by atoms with van der Waals surface area (Å²) in [6.45, 7) is 1.53. The number of aliphatic hydroxyl groups excluding tert-OH is 4. The van der Waals surface area contributed by atoms with Crippen LogP contribution in [0.25, 0.3) is 0 Å². The summed E-state index contributed by atoms with van der Waals surface area (Å²) in [4.78, 5) is 0.250. The highest BCUT2D eigenvalue weighted by Crippen LogP contribution is 2.42. The molecule has 0 aliphatic carbocycles. The Morgan fingerprint density at radius 3 is 2.27 bits per heavy atom. The van der Waals surface area contributed by atoms with Gasteiger partial charge in [-0.3, -0.25) is 0 Å². The molecule has 6 atom stereocenters. The Morgan fingerprint density at radius 2 is 1.63 bits per heavy atom. The molecule has 2 heterocycles. The topological polar surface area (TPSA) is 124 Å². The summed E-state index contributed by atoms with van der Waals surface area (Å²) >= 11 is 0. The molecule has 5 unspecified atom stereocenters. The van der Waals surface area contributed by atoms with E-state index in [1.165, 1.54) is 6.07 Å². The summed E-state index contributed by atoms with van der Waals surface area (Å²) in [6, 6.07) is 12.6. The molecular weight excluding hydrogens is 408 g/mol. The zero-order valence-electron chi connectivity index (χ0n) is 16.5. The van der Waals surface area contributed by atoms with Crippen LogP contribution in [0.5, 0.6) is 0 Å². The number of aryl methyl sites for hydroxylation is 1. The number of hydrogen-bond acceptors (Lipinski definition) is 7. The average molecular weight is 435 g/mol. The van der Waals surface area contributed by atoms with E-state index in [-0.39, 0.29) is 16.6 Å². The number of hydrogen-bond donors (Lipinski definition) is 4. The molecule has 2 aromatic rings. The third-order valence-electron chi connectivity index (χ3n) is 6.14. The van der Waals surface area contributed by atoms with E-state index in [9.17, 15) is 28.8 Å². The standard InChI is InChI=1S/C22H26O7S/c1-2-12-3-5-13(6-4-12)16-11-30(27,28)18-8-7-14(9-15(16)18)22-21(26)20(25)19(24)17(10-23)29-22/h3-9,16-17,19-26H,2,10-11H2,1H3/t16-,17?,19?,20?,21?,22?/m0/s1. The molecule has 8 heteroatoms. The molecule has 2 aromatic carbocycles. The minimum atomic E-state index is -3.45. The molecule has 0 amide bonds. The highest BCUT2D eigenvalue weighted by atomic mass is 32.2. The van der Waals surface area contributed by atoms with Crippen LogP contribution in [0.3, 0.4) is 0 Å². The third-order valence-corrected chi connectivity index (χ3v) is 7.96. The lowest BCUT2D eigenvalue weighted by Gasteiger charge is -2.40. The van der Waals surface area contributed by atoms with E-state index in [2.05, 4.69) is 6.92 Å². The van der Waals surface area contributed by atoms with Gasteiger partial charge < -0.3 is 25.2 Å². The van der Waals surface area contributed by atoms with Gasteiger partial charge in [0.2, 0.25) is 0 Å². The second kappa shape index (κ2) is 8.03. The number of aliphatic hydroxyl groups is 4. The first-order valence-corrected chi connectivity index (χ1v) is 11.7. The predicted octanol–water partition coefficient (Wildman–Crippen LogP) is 0.683. The molecule has 2 aliphatic heterocycles. The first kappa shape index (κ1) is 21.4. The number of ether oxygens (including phenoxy) is 1. The van der Waals surface area contributed by atoms with Crippen molar-refractivity contribution in [3.63, 3.8) is 0 Å². The average Bonchev–Trinajstić information content (AvgIpc) is 3.02. The largest absolute Gasteiger partial charge is 0.394 e.